The molecule has 1 amide bonds. The summed E-state index contributed by atoms with van der Waals surface area (Å²) in [5.74, 6) is -1.51. The van der Waals surface area contributed by atoms with Crippen molar-refractivity contribution in [1.29, 1.82) is 0 Å². The van der Waals surface area contributed by atoms with Crippen LogP contribution < -0.4 is 5.32 Å². The Morgan fingerprint density at radius 3 is 2.18 bits per heavy atom. The number of aliphatic carboxylic acids is 1. The fourth-order valence-electron chi connectivity index (χ4n) is 3.57. The van der Waals surface area contributed by atoms with Gasteiger partial charge in [-0.05, 0) is 37.0 Å². The Labute approximate surface area is 216 Å². The van der Waals surface area contributed by atoms with E-state index in [4.69, 9.17) is 9.90 Å². The summed E-state index contributed by atoms with van der Waals surface area (Å²) >= 11 is 0. The second kappa shape index (κ2) is 11.7. The van der Waals surface area contributed by atoms with Gasteiger partial charge in [-0.25, -0.2) is 14.8 Å². The van der Waals surface area contributed by atoms with E-state index in [9.17, 15) is 18.0 Å². The van der Waals surface area contributed by atoms with E-state index in [0.717, 1.165) is 28.9 Å². The molecule has 2 N–H and O–H groups in total. The molecule has 0 atom stereocenters. The van der Waals surface area contributed by atoms with Crippen molar-refractivity contribution in [3.05, 3.63) is 90.8 Å². The molecule has 5 rings (SSSR count). The molecule has 196 valence electrons. The average Bonchev–Trinajstić information content (AvgIpc) is 3.64. The molecule has 11 heteroatoms. The third kappa shape index (κ3) is 7.25. The highest BCUT2D eigenvalue weighted by Crippen LogP contribution is 2.32. The van der Waals surface area contributed by atoms with Crippen LogP contribution in [0.15, 0.2) is 79.4 Å². The number of hydrogen-bond donors (Lipinski definition) is 2. The number of pyridine rings is 1. The van der Waals surface area contributed by atoms with Gasteiger partial charge in [-0.2, -0.15) is 13.2 Å². The lowest BCUT2D eigenvalue weighted by Crippen LogP contribution is -2.26. The summed E-state index contributed by atoms with van der Waals surface area (Å²) < 4.78 is 33.8. The lowest BCUT2D eigenvalue weighted by molar-refractivity contribution is -0.192. The van der Waals surface area contributed by atoms with Gasteiger partial charge in [0, 0.05) is 48.0 Å². The zero-order valence-electron chi connectivity index (χ0n) is 20.1. The monoisotopic (exact) mass is 523 g/mol. The zero-order valence-corrected chi connectivity index (χ0v) is 20.1. The third-order valence-electron chi connectivity index (χ3n) is 5.70. The molecule has 1 aliphatic carbocycles. The maximum Gasteiger partial charge on any atom is 0.490 e. The Morgan fingerprint density at radius 2 is 1.61 bits per heavy atom. The highest BCUT2D eigenvalue weighted by atomic mass is 19.4. The van der Waals surface area contributed by atoms with E-state index in [1.165, 1.54) is 12.8 Å². The average molecular weight is 524 g/mol. The maximum absolute atomic E-state index is 12.9. The number of aromatic nitrogens is 4. The molecule has 4 aromatic rings. The molecule has 1 fully saturated rings. The Morgan fingerprint density at radius 1 is 0.947 bits per heavy atom. The standard InChI is InChI=1S/C25H23N5O.C2HF3O2/c31-25(29-15-22-8-4-5-11-26-22)23-12-20(17-30(23)16-18-9-10-18)21-13-27-24(28-14-21)19-6-2-1-3-7-19;3-2(4,5)1(6)7/h1-8,11-14,17-18H,9-10,15-16H2,(H,29,31);(H,6,7). The molecule has 1 aliphatic rings. The van der Waals surface area contributed by atoms with Gasteiger partial charge in [0.25, 0.3) is 5.91 Å². The molecule has 8 nitrogen and oxygen atoms in total. The molecular formula is C27H24F3N5O3. The van der Waals surface area contributed by atoms with Crippen LogP contribution in [0.4, 0.5) is 13.2 Å². The first-order chi connectivity index (χ1) is 18.2. The molecule has 3 aromatic heterocycles. The molecule has 0 saturated heterocycles. The first-order valence-corrected chi connectivity index (χ1v) is 11.8. The second-order valence-corrected chi connectivity index (χ2v) is 8.68. The molecule has 0 spiro atoms. The SMILES string of the molecule is O=C(NCc1ccccn1)c1cc(-c2cnc(-c3ccccc3)nc2)cn1CC1CC1.O=C(O)C(F)(F)F. The summed E-state index contributed by atoms with van der Waals surface area (Å²) in [4.78, 5) is 35.2. The molecule has 0 bridgehead atoms. The zero-order chi connectivity index (χ0) is 27.1. The van der Waals surface area contributed by atoms with E-state index in [2.05, 4.69) is 24.8 Å². The smallest absolute Gasteiger partial charge is 0.475 e. The summed E-state index contributed by atoms with van der Waals surface area (Å²) in [6.07, 6.45) is 4.77. The van der Waals surface area contributed by atoms with Gasteiger partial charge in [0.15, 0.2) is 5.82 Å². The van der Waals surface area contributed by atoms with Crippen molar-refractivity contribution < 1.29 is 27.9 Å². The first-order valence-electron chi connectivity index (χ1n) is 11.8. The fraction of sp³-hybridized carbons (Fsp3) is 0.222. The summed E-state index contributed by atoms with van der Waals surface area (Å²) in [6, 6.07) is 17.5. The molecule has 1 saturated carbocycles. The summed E-state index contributed by atoms with van der Waals surface area (Å²) in [6.45, 7) is 1.26. The van der Waals surface area contributed by atoms with E-state index >= 15 is 0 Å². The topological polar surface area (TPSA) is 110 Å². The van der Waals surface area contributed by atoms with Crippen molar-refractivity contribution in [3.8, 4) is 22.5 Å². The first kappa shape index (κ1) is 26.5. The molecule has 0 unspecified atom stereocenters. The number of nitrogens with zero attached hydrogens (tertiary/aromatic N) is 4. The molecule has 3 heterocycles. The van der Waals surface area contributed by atoms with Crippen LogP contribution in [0.1, 0.15) is 29.0 Å². The number of benzene rings is 1. The van der Waals surface area contributed by atoms with Crippen LogP contribution in [0.2, 0.25) is 0 Å². The highest BCUT2D eigenvalue weighted by molar-refractivity contribution is 5.94. The minimum Gasteiger partial charge on any atom is -0.475 e. The number of halogens is 3. The molecule has 1 aromatic carbocycles. The maximum atomic E-state index is 12.9. The van der Waals surface area contributed by atoms with Crippen LogP contribution in [0.25, 0.3) is 22.5 Å². The number of amides is 1. The van der Waals surface area contributed by atoms with Gasteiger partial charge in [-0.3, -0.25) is 9.78 Å². The van der Waals surface area contributed by atoms with E-state index in [1.54, 1.807) is 6.20 Å². The number of hydrogen-bond acceptors (Lipinski definition) is 5. The Bertz CT molecular complexity index is 1370. The van der Waals surface area contributed by atoms with Crippen LogP contribution in [-0.2, 0) is 17.9 Å². The van der Waals surface area contributed by atoms with E-state index < -0.39 is 12.1 Å². The van der Waals surface area contributed by atoms with Crippen LogP contribution in [0.5, 0.6) is 0 Å². The van der Waals surface area contributed by atoms with E-state index in [-0.39, 0.29) is 5.91 Å². The second-order valence-electron chi connectivity index (χ2n) is 8.68. The van der Waals surface area contributed by atoms with Crippen molar-refractivity contribution in [1.82, 2.24) is 24.8 Å². The van der Waals surface area contributed by atoms with Crippen molar-refractivity contribution >= 4 is 11.9 Å². The minimum absolute atomic E-state index is 0.0978. The number of carboxylic acid groups (broad SMARTS) is 1. The largest absolute Gasteiger partial charge is 0.490 e. The lowest BCUT2D eigenvalue weighted by atomic mass is 10.1. The van der Waals surface area contributed by atoms with E-state index in [1.807, 2.05) is 73.2 Å². The third-order valence-corrected chi connectivity index (χ3v) is 5.70. The van der Waals surface area contributed by atoms with Gasteiger partial charge in [0.05, 0.1) is 12.2 Å². The Balaban J connectivity index is 0.000000426. The molecule has 0 radical (unpaired) electrons. The number of nitrogens with one attached hydrogen (secondary N) is 1. The Kier molecular flexibility index (Phi) is 8.15. The van der Waals surface area contributed by atoms with Crippen molar-refractivity contribution in [3.63, 3.8) is 0 Å². The van der Waals surface area contributed by atoms with Gasteiger partial charge in [0.1, 0.15) is 5.69 Å². The number of carboxylic acids is 1. The highest BCUT2D eigenvalue weighted by Gasteiger charge is 2.38. The minimum atomic E-state index is -5.08. The summed E-state index contributed by atoms with van der Waals surface area (Å²) in [7, 11) is 0. The number of alkyl halides is 3. The molecular weight excluding hydrogens is 499 g/mol. The predicted octanol–water partition coefficient (Wildman–Crippen LogP) is 4.98. The Hall–Kier alpha value is -4.54. The quantitative estimate of drug-likeness (QED) is 0.354. The van der Waals surface area contributed by atoms with Crippen molar-refractivity contribution in [2.75, 3.05) is 0 Å². The number of rotatable bonds is 7. The van der Waals surface area contributed by atoms with Crippen LogP contribution in [-0.4, -0.2) is 42.7 Å². The molecule has 38 heavy (non-hydrogen) atoms. The van der Waals surface area contributed by atoms with Gasteiger partial charge >= 0.3 is 12.1 Å². The van der Waals surface area contributed by atoms with Crippen LogP contribution in [0.3, 0.4) is 0 Å². The number of carbonyl (C=O) groups excluding carboxylic acids is 1. The van der Waals surface area contributed by atoms with Crippen LogP contribution in [0, 0.1) is 5.92 Å². The van der Waals surface area contributed by atoms with Crippen LogP contribution >= 0.6 is 0 Å². The van der Waals surface area contributed by atoms with E-state index in [0.29, 0.717) is 24.0 Å². The van der Waals surface area contributed by atoms with Crippen molar-refractivity contribution in [2.24, 2.45) is 5.92 Å². The normalized spacial score (nSPS) is 12.8. The summed E-state index contributed by atoms with van der Waals surface area (Å²) in [5, 5.41) is 10.1. The summed E-state index contributed by atoms with van der Waals surface area (Å²) in [5.41, 5.74) is 4.32. The molecule has 0 aliphatic heterocycles. The lowest BCUT2D eigenvalue weighted by Gasteiger charge is -2.09. The van der Waals surface area contributed by atoms with Crippen molar-refractivity contribution in [2.45, 2.75) is 32.1 Å². The van der Waals surface area contributed by atoms with Gasteiger partial charge < -0.3 is 15.0 Å². The fourth-order valence-corrected chi connectivity index (χ4v) is 3.57. The van der Waals surface area contributed by atoms with Gasteiger partial charge in [-0.1, -0.05) is 36.4 Å². The van der Waals surface area contributed by atoms with Gasteiger partial charge in [-0.15, -0.1) is 0 Å². The predicted molar refractivity (Wildman–Crippen MR) is 133 cm³/mol. The van der Waals surface area contributed by atoms with Gasteiger partial charge in [0.2, 0.25) is 0 Å². The number of carbonyl (C=O) groups is 2.